The van der Waals surface area contributed by atoms with Crippen molar-refractivity contribution in [3.05, 3.63) is 35.4 Å². The van der Waals surface area contributed by atoms with Gasteiger partial charge in [-0.3, -0.25) is 9.69 Å². The average molecular weight is 286 g/mol. The van der Waals surface area contributed by atoms with E-state index in [0.717, 1.165) is 25.3 Å². The number of carbonyl (C=O) groups is 1. The minimum absolute atomic E-state index is 0.233. The highest BCUT2D eigenvalue weighted by atomic mass is 16.2. The molecule has 3 nitrogen and oxygen atoms in total. The molecule has 21 heavy (non-hydrogen) atoms. The molecule has 0 spiro atoms. The van der Waals surface area contributed by atoms with Crippen LogP contribution in [0.4, 0.5) is 0 Å². The molecule has 1 amide bonds. The van der Waals surface area contributed by atoms with Crippen molar-refractivity contribution in [3.63, 3.8) is 0 Å². The Morgan fingerprint density at radius 1 is 1.14 bits per heavy atom. The second-order valence-electron chi connectivity index (χ2n) is 6.72. The van der Waals surface area contributed by atoms with Gasteiger partial charge in [-0.15, -0.1) is 0 Å². The maximum absolute atomic E-state index is 11.8. The Balaban J connectivity index is 1.57. The minimum Gasteiger partial charge on any atom is -0.352 e. The fourth-order valence-electron chi connectivity index (χ4n) is 3.02. The van der Waals surface area contributed by atoms with Gasteiger partial charge in [0.15, 0.2) is 0 Å². The van der Waals surface area contributed by atoms with E-state index in [1.165, 1.54) is 37.1 Å². The zero-order valence-electron chi connectivity index (χ0n) is 13.0. The summed E-state index contributed by atoms with van der Waals surface area (Å²) in [6, 6.07) is 8.53. The second-order valence-corrected chi connectivity index (χ2v) is 6.72. The molecule has 1 saturated heterocycles. The summed E-state index contributed by atoms with van der Waals surface area (Å²) < 4.78 is 0. The van der Waals surface area contributed by atoms with E-state index in [2.05, 4.69) is 41.4 Å². The standard InChI is InChI=1S/C18H26N2O/c1-14-8-10-20(11-9-14)13-17-5-3-2-4-16(17)12-19-18(21)15-6-7-15/h2-5,14-15H,6-13H2,1H3,(H,19,21). The first-order valence-corrected chi connectivity index (χ1v) is 8.29. The Bertz CT molecular complexity index is 488. The van der Waals surface area contributed by atoms with Gasteiger partial charge in [0.2, 0.25) is 5.91 Å². The molecule has 3 heteroatoms. The number of nitrogens with one attached hydrogen (secondary N) is 1. The molecule has 1 aliphatic carbocycles. The third-order valence-corrected chi connectivity index (χ3v) is 4.79. The molecule has 0 unspecified atom stereocenters. The number of benzene rings is 1. The van der Waals surface area contributed by atoms with Gasteiger partial charge in [-0.1, -0.05) is 31.2 Å². The van der Waals surface area contributed by atoms with Crippen LogP contribution in [0.15, 0.2) is 24.3 Å². The Labute approximate surface area is 127 Å². The van der Waals surface area contributed by atoms with Gasteiger partial charge in [-0.05, 0) is 55.8 Å². The van der Waals surface area contributed by atoms with E-state index < -0.39 is 0 Å². The number of carbonyl (C=O) groups excluding carboxylic acids is 1. The number of hydrogen-bond acceptors (Lipinski definition) is 2. The highest BCUT2D eigenvalue weighted by Gasteiger charge is 2.29. The predicted molar refractivity (Wildman–Crippen MR) is 84.7 cm³/mol. The van der Waals surface area contributed by atoms with Crippen molar-refractivity contribution >= 4 is 5.91 Å². The van der Waals surface area contributed by atoms with Gasteiger partial charge in [0.05, 0.1) is 0 Å². The number of rotatable bonds is 5. The number of likely N-dealkylation sites (tertiary alicyclic amines) is 1. The number of nitrogens with zero attached hydrogens (tertiary/aromatic N) is 1. The molecule has 0 atom stereocenters. The molecule has 3 rings (SSSR count). The Morgan fingerprint density at radius 3 is 2.48 bits per heavy atom. The summed E-state index contributed by atoms with van der Waals surface area (Å²) in [5, 5.41) is 3.09. The lowest BCUT2D eigenvalue weighted by molar-refractivity contribution is -0.122. The summed E-state index contributed by atoms with van der Waals surface area (Å²) in [4.78, 5) is 14.3. The first kappa shape index (κ1) is 14.6. The van der Waals surface area contributed by atoms with Crippen molar-refractivity contribution < 1.29 is 4.79 Å². The van der Waals surface area contributed by atoms with Gasteiger partial charge < -0.3 is 5.32 Å². The largest absolute Gasteiger partial charge is 0.352 e. The molecule has 1 aliphatic heterocycles. The monoisotopic (exact) mass is 286 g/mol. The lowest BCUT2D eigenvalue weighted by Gasteiger charge is -2.30. The molecule has 2 aliphatic rings. The van der Waals surface area contributed by atoms with Crippen molar-refractivity contribution in [1.29, 1.82) is 0 Å². The average Bonchev–Trinajstić information content (AvgIpc) is 3.33. The normalized spacial score (nSPS) is 20.4. The lowest BCUT2D eigenvalue weighted by Crippen LogP contribution is -2.33. The summed E-state index contributed by atoms with van der Waals surface area (Å²) >= 11 is 0. The molecule has 2 fully saturated rings. The summed E-state index contributed by atoms with van der Waals surface area (Å²) in [5.41, 5.74) is 2.63. The van der Waals surface area contributed by atoms with E-state index in [4.69, 9.17) is 0 Å². The molecule has 1 aromatic rings. The third-order valence-electron chi connectivity index (χ3n) is 4.79. The van der Waals surface area contributed by atoms with Gasteiger partial charge in [0, 0.05) is 19.0 Å². The van der Waals surface area contributed by atoms with Crippen LogP contribution in [0.3, 0.4) is 0 Å². The van der Waals surface area contributed by atoms with E-state index in [1.54, 1.807) is 0 Å². The minimum atomic E-state index is 0.233. The molecule has 1 heterocycles. The Kier molecular flexibility index (Phi) is 4.59. The maximum atomic E-state index is 11.8. The first-order valence-electron chi connectivity index (χ1n) is 8.29. The third kappa shape index (κ3) is 4.07. The lowest BCUT2D eigenvalue weighted by atomic mass is 9.98. The molecule has 1 N–H and O–H groups in total. The van der Waals surface area contributed by atoms with Crippen molar-refractivity contribution in [2.75, 3.05) is 13.1 Å². The van der Waals surface area contributed by atoms with E-state index in [-0.39, 0.29) is 5.91 Å². The van der Waals surface area contributed by atoms with E-state index in [1.807, 2.05) is 0 Å². The van der Waals surface area contributed by atoms with Crippen LogP contribution in [0.2, 0.25) is 0 Å². The molecule has 1 aromatic carbocycles. The van der Waals surface area contributed by atoms with Crippen molar-refractivity contribution in [2.45, 2.75) is 45.7 Å². The highest BCUT2D eigenvalue weighted by Crippen LogP contribution is 2.29. The fourth-order valence-corrected chi connectivity index (χ4v) is 3.02. The van der Waals surface area contributed by atoms with Crippen LogP contribution < -0.4 is 5.32 Å². The van der Waals surface area contributed by atoms with Crippen LogP contribution in [-0.2, 0) is 17.9 Å². The van der Waals surface area contributed by atoms with E-state index in [0.29, 0.717) is 12.5 Å². The SMILES string of the molecule is CC1CCN(Cc2ccccc2CNC(=O)C2CC2)CC1. The fraction of sp³-hybridized carbons (Fsp3) is 0.611. The van der Waals surface area contributed by atoms with Crippen molar-refractivity contribution in [3.8, 4) is 0 Å². The van der Waals surface area contributed by atoms with Crippen LogP contribution in [0.5, 0.6) is 0 Å². The Morgan fingerprint density at radius 2 is 1.81 bits per heavy atom. The quantitative estimate of drug-likeness (QED) is 0.902. The number of hydrogen-bond donors (Lipinski definition) is 1. The van der Waals surface area contributed by atoms with Gasteiger partial charge in [-0.2, -0.15) is 0 Å². The molecule has 0 radical (unpaired) electrons. The Hall–Kier alpha value is -1.35. The molecule has 0 bridgehead atoms. The van der Waals surface area contributed by atoms with Gasteiger partial charge >= 0.3 is 0 Å². The van der Waals surface area contributed by atoms with Gasteiger partial charge in [0.25, 0.3) is 0 Å². The summed E-state index contributed by atoms with van der Waals surface area (Å²) in [5.74, 6) is 1.40. The number of piperidine rings is 1. The molecular formula is C18H26N2O. The van der Waals surface area contributed by atoms with Crippen LogP contribution in [0, 0.1) is 11.8 Å². The summed E-state index contributed by atoms with van der Waals surface area (Å²) in [6.45, 7) is 6.44. The van der Waals surface area contributed by atoms with Crippen molar-refractivity contribution in [2.24, 2.45) is 11.8 Å². The van der Waals surface area contributed by atoms with E-state index in [9.17, 15) is 4.79 Å². The zero-order chi connectivity index (χ0) is 14.7. The van der Waals surface area contributed by atoms with Crippen molar-refractivity contribution in [1.82, 2.24) is 10.2 Å². The topological polar surface area (TPSA) is 32.3 Å². The molecule has 0 aromatic heterocycles. The highest BCUT2D eigenvalue weighted by molar-refractivity contribution is 5.80. The second kappa shape index (κ2) is 6.61. The molecular weight excluding hydrogens is 260 g/mol. The zero-order valence-corrected chi connectivity index (χ0v) is 13.0. The predicted octanol–water partition coefficient (Wildman–Crippen LogP) is 2.94. The van der Waals surface area contributed by atoms with Gasteiger partial charge in [0.1, 0.15) is 0 Å². The van der Waals surface area contributed by atoms with E-state index >= 15 is 0 Å². The molecule has 114 valence electrons. The smallest absolute Gasteiger partial charge is 0.223 e. The van der Waals surface area contributed by atoms with Crippen LogP contribution >= 0.6 is 0 Å². The van der Waals surface area contributed by atoms with Gasteiger partial charge in [-0.25, -0.2) is 0 Å². The maximum Gasteiger partial charge on any atom is 0.223 e. The summed E-state index contributed by atoms with van der Waals surface area (Å²) in [7, 11) is 0. The molecule has 1 saturated carbocycles. The number of amides is 1. The van der Waals surface area contributed by atoms with Crippen LogP contribution in [0.1, 0.15) is 43.7 Å². The van der Waals surface area contributed by atoms with Crippen LogP contribution in [-0.4, -0.2) is 23.9 Å². The van der Waals surface area contributed by atoms with Crippen LogP contribution in [0.25, 0.3) is 0 Å². The first-order chi connectivity index (χ1) is 10.2. The summed E-state index contributed by atoms with van der Waals surface area (Å²) in [6.07, 6.45) is 4.75.